The first-order valence-corrected chi connectivity index (χ1v) is 9.02. The maximum Gasteiger partial charge on any atom is 0.258 e. The summed E-state index contributed by atoms with van der Waals surface area (Å²) in [6, 6.07) is 13.7. The first kappa shape index (κ1) is 19.8. The van der Waals surface area contributed by atoms with Crippen LogP contribution in [0.5, 0.6) is 11.5 Å². The quantitative estimate of drug-likeness (QED) is 0.753. The van der Waals surface area contributed by atoms with E-state index in [1.165, 1.54) is 5.56 Å². The maximum absolute atomic E-state index is 12.4. The van der Waals surface area contributed by atoms with Crippen molar-refractivity contribution in [2.24, 2.45) is 5.92 Å². The van der Waals surface area contributed by atoms with Crippen molar-refractivity contribution >= 4 is 5.91 Å². The molecule has 2 rings (SSSR count). The Bertz CT molecular complexity index is 723. The smallest absolute Gasteiger partial charge is 0.258 e. The van der Waals surface area contributed by atoms with Gasteiger partial charge in [-0.25, -0.2) is 0 Å². The van der Waals surface area contributed by atoms with Crippen molar-refractivity contribution in [1.82, 2.24) is 5.32 Å². The molecule has 0 spiro atoms. The number of carbonyl (C=O) groups excluding carboxylic acids is 1. The van der Waals surface area contributed by atoms with Crippen molar-refractivity contribution in [2.45, 2.75) is 40.2 Å². The highest BCUT2D eigenvalue weighted by Crippen LogP contribution is 2.24. The summed E-state index contributed by atoms with van der Waals surface area (Å²) in [4.78, 5) is 12.4. The van der Waals surface area contributed by atoms with E-state index < -0.39 is 0 Å². The fraction of sp³-hybridized carbons (Fsp3) is 0.409. The minimum Gasteiger partial charge on any atom is -0.497 e. The fourth-order valence-corrected chi connectivity index (χ4v) is 2.93. The predicted molar refractivity (Wildman–Crippen MR) is 105 cm³/mol. The Balaban J connectivity index is 2.01. The van der Waals surface area contributed by atoms with Gasteiger partial charge in [-0.3, -0.25) is 4.79 Å². The zero-order valence-corrected chi connectivity index (χ0v) is 16.3. The van der Waals surface area contributed by atoms with Crippen molar-refractivity contribution in [3.63, 3.8) is 0 Å². The van der Waals surface area contributed by atoms with Crippen molar-refractivity contribution in [3.05, 3.63) is 59.2 Å². The number of carbonyl (C=O) groups is 1. The summed E-state index contributed by atoms with van der Waals surface area (Å²) >= 11 is 0. The van der Waals surface area contributed by atoms with Gasteiger partial charge >= 0.3 is 0 Å². The van der Waals surface area contributed by atoms with Crippen molar-refractivity contribution in [3.8, 4) is 11.5 Å². The highest BCUT2D eigenvalue weighted by atomic mass is 16.5. The lowest BCUT2D eigenvalue weighted by Crippen LogP contribution is -2.33. The lowest BCUT2D eigenvalue weighted by molar-refractivity contribution is -0.124. The normalized spacial score (nSPS) is 11.9. The van der Waals surface area contributed by atoms with Gasteiger partial charge < -0.3 is 14.8 Å². The number of hydrogen-bond acceptors (Lipinski definition) is 3. The molecule has 1 atom stereocenters. The average molecular weight is 355 g/mol. The van der Waals surface area contributed by atoms with E-state index in [4.69, 9.17) is 9.47 Å². The van der Waals surface area contributed by atoms with Gasteiger partial charge in [-0.15, -0.1) is 0 Å². The second kappa shape index (κ2) is 9.27. The molecule has 4 heteroatoms. The van der Waals surface area contributed by atoms with Gasteiger partial charge in [0.05, 0.1) is 13.2 Å². The molecule has 0 aromatic heterocycles. The second-order valence-electron chi connectivity index (χ2n) is 7.08. The van der Waals surface area contributed by atoms with Crippen LogP contribution in [0.2, 0.25) is 0 Å². The molecule has 0 radical (unpaired) electrons. The Morgan fingerprint density at radius 1 is 1.08 bits per heavy atom. The minimum absolute atomic E-state index is 0.00858. The molecule has 0 aliphatic heterocycles. The van der Waals surface area contributed by atoms with Gasteiger partial charge in [0, 0.05) is 0 Å². The van der Waals surface area contributed by atoms with Crippen LogP contribution >= 0.6 is 0 Å². The van der Waals surface area contributed by atoms with E-state index in [0.717, 1.165) is 29.0 Å². The van der Waals surface area contributed by atoms with Gasteiger partial charge in [-0.05, 0) is 55.5 Å². The molecule has 0 aliphatic rings. The third-order valence-electron chi connectivity index (χ3n) is 4.25. The van der Waals surface area contributed by atoms with Crippen LogP contribution in [0, 0.1) is 19.8 Å². The molecule has 1 N–H and O–H groups in total. The van der Waals surface area contributed by atoms with Crippen LogP contribution in [0.15, 0.2) is 42.5 Å². The summed E-state index contributed by atoms with van der Waals surface area (Å²) in [5.74, 6) is 1.89. The number of nitrogens with one attached hydrogen (secondary N) is 1. The predicted octanol–water partition coefficient (Wildman–Crippen LogP) is 4.59. The lowest BCUT2D eigenvalue weighted by Gasteiger charge is -2.21. The lowest BCUT2D eigenvalue weighted by atomic mass is 9.97. The van der Waals surface area contributed by atoms with Gasteiger partial charge in [0.25, 0.3) is 5.91 Å². The van der Waals surface area contributed by atoms with E-state index in [0.29, 0.717) is 5.92 Å². The molecule has 140 valence electrons. The van der Waals surface area contributed by atoms with Gasteiger partial charge in [0.2, 0.25) is 0 Å². The van der Waals surface area contributed by atoms with E-state index in [2.05, 4.69) is 19.2 Å². The Kier molecular flexibility index (Phi) is 7.07. The van der Waals surface area contributed by atoms with E-state index in [1.54, 1.807) is 7.11 Å². The monoisotopic (exact) mass is 355 g/mol. The molecule has 0 saturated carbocycles. The van der Waals surface area contributed by atoms with Crippen LogP contribution in [0.25, 0.3) is 0 Å². The molecular formula is C22H29NO3. The molecular weight excluding hydrogens is 326 g/mol. The fourth-order valence-electron chi connectivity index (χ4n) is 2.93. The highest BCUT2D eigenvalue weighted by Gasteiger charge is 2.17. The van der Waals surface area contributed by atoms with Crippen LogP contribution in [-0.2, 0) is 4.79 Å². The van der Waals surface area contributed by atoms with Crippen molar-refractivity contribution < 1.29 is 14.3 Å². The summed E-state index contributed by atoms with van der Waals surface area (Å²) < 4.78 is 10.9. The summed E-state index contributed by atoms with van der Waals surface area (Å²) in [5, 5.41) is 3.10. The van der Waals surface area contributed by atoms with Crippen LogP contribution in [0.3, 0.4) is 0 Å². The Morgan fingerprint density at radius 3 is 2.35 bits per heavy atom. The summed E-state index contributed by atoms with van der Waals surface area (Å²) in [6.45, 7) is 8.33. The average Bonchev–Trinajstić information content (AvgIpc) is 2.60. The summed E-state index contributed by atoms with van der Waals surface area (Å²) in [6.07, 6.45) is 0.863. The van der Waals surface area contributed by atoms with E-state index in [1.807, 2.05) is 56.3 Å². The molecule has 1 amide bonds. The highest BCUT2D eigenvalue weighted by molar-refractivity contribution is 5.78. The van der Waals surface area contributed by atoms with Crippen LogP contribution in [0.4, 0.5) is 0 Å². The molecule has 0 unspecified atom stereocenters. The third kappa shape index (κ3) is 5.80. The maximum atomic E-state index is 12.4. The molecule has 0 heterocycles. The van der Waals surface area contributed by atoms with Crippen LogP contribution < -0.4 is 14.8 Å². The molecule has 0 saturated heterocycles. The Hall–Kier alpha value is -2.49. The number of rotatable bonds is 8. The van der Waals surface area contributed by atoms with Gasteiger partial charge in [-0.1, -0.05) is 43.7 Å². The number of hydrogen-bond donors (Lipinski definition) is 1. The largest absolute Gasteiger partial charge is 0.497 e. The van der Waals surface area contributed by atoms with Gasteiger partial charge in [0.15, 0.2) is 6.61 Å². The Labute approximate surface area is 156 Å². The zero-order chi connectivity index (χ0) is 19.1. The number of ether oxygens (including phenoxy) is 2. The number of amides is 1. The minimum atomic E-state index is -0.119. The number of aryl methyl sites for hydroxylation is 2. The second-order valence-corrected chi connectivity index (χ2v) is 7.08. The topological polar surface area (TPSA) is 47.6 Å². The molecule has 0 aliphatic carbocycles. The van der Waals surface area contributed by atoms with E-state index in [-0.39, 0.29) is 18.6 Å². The van der Waals surface area contributed by atoms with E-state index >= 15 is 0 Å². The van der Waals surface area contributed by atoms with Gasteiger partial charge in [0.1, 0.15) is 11.5 Å². The van der Waals surface area contributed by atoms with Crippen LogP contribution in [-0.4, -0.2) is 19.6 Å². The van der Waals surface area contributed by atoms with Gasteiger partial charge in [-0.2, -0.15) is 0 Å². The molecule has 0 bridgehead atoms. The Morgan fingerprint density at radius 2 is 1.77 bits per heavy atom. The number of methoxy groups -OCH3 is 1. The third-order valence-corrected chi connectivity index (χ3v) is 4.25. The first-order valence-electron chi connectivity index (χ1n) is 9.02. The molecule has 4 nitrogen and oxygen atoms in total. The van der Waals surface area contributed by atoms with Crippen molar-refractivity contribution in [1.29, 1.82) is 0 Å². The molecule has 0 fully saturated rings. The van der Waals surface area contributed by atoms with Crippen molar-refractivity contribution in [2.75, 3.05) is 13.7 Å². The standard InChI is InChI=1S/C22H29NO3/c1-15(2)12-20(18-7-9-19(25-5)10-8-18)23-22(24)14-26-21-11-6-16(3)13-17(21)4/h6-11,13,15,20H,12,14H2,1-5H3,(H,23,24)/t20-/m1/s1. The van der Waals surface area contributed by atoms with Crippen LogP contribution in [0.1, 0.15) is 43.0 Å². The summed E-state index contributed by atoms with van der Waals surface area (Å²) in [7, 11) is 1.65. The number of benzene rings is 2. The molecule has 26 heavy (non-hydrogen) atoms. The molecule has 2 aromatic rings. The first-order chi connectivity index (χ1) is 12.4. The SMILES string of the molecule is COc1ccc([C@@H](CC(C)C)NC(=O)COc2ccc(C)cc2C)cc1. The zero-order valence-electron chi connectivity index (χ0n) is 16.3. The summed E-state index contributed by atoms with van der Waals surface area (Å²) in [5.41, 5.74) is 3.28. The van der Waals surface area contributed by atoms with E-state index in [9.17, 15) is 4.79 Å². The molecule has 2 aromatic carbocycles.